The largest absolute Gasteiger partial charge is 0.349 e. The van der Waals surface area contributed by atoms with Gasteiger partial charge in [-0.3, -0.25) is 19.4 Å². The van der Waals surface area contributed by atoms with E-state index in [1.54, 1.807) is 31.4 Å². The molecule has 1 amide bonds. The number of nitrogens with one attached hydrogen (secondary N) is 1. The predicted molar refractivity (Wildman–Crippen MR) is 74.0 cm³/mol. The molecular weight excluding hydrogens is 262 g/mol. The zero-order valence-electron chi connectivity index (χ0n) is 10.8. The number of carbonyl (C=O) groups is 1. The summed E-state index contributed by atoms with van der Waals surface area (Å²) in [6.07, 6.45) is 3.80. The van der Waals surface area contributed by atoms with E-state index in [0.717, 1.165) is 5.56 Å². The van der Waals surface area contributed by atoms with Gasteiger partial charge in [0.15, 0.2) is 10.6 Å². The molecule has 0 unspecified atom stereocenters. The molecule has 1 N–H and O–H groups in total. The van der Waals surface area contributed by atoms with Crippen molar-refractivity contribution >= 4 is 18.1 Å². The minimum absolute atomic E-state index is 0.0558. The molecular formula is C12H15N5OS. The van der Waals surface area contributed by atoms with E-state index in [0.29, 0.717) is 23.6 Å². The van der Waals surface area contributed by atoms with Crippen LogP contribution in [-0.2, 0) is 11.3 Å². The molecule has 2 rings (SSSR count). The van der Waals surface area contributed by atoms with Crippen molar-refractivity contribution in [2.24, 2.45) is 0 Å². The highest BCUT2D eigenvalue weighted by atomic mass is 32.1. The Balaban J connectivity index is 2.24. The highest BCUT2D eigenvalue weighted by molar-refractivity contribution is 7.71. The summed E-state index contributed by atoms with van der Waals surface area (Å²) in [6.45, 7) is 0.497. The monoisotopic (exact) mass is 277 g/mol. The molecule has 0 saturated carbocycles. The lowest BCUT2D eigenvalue weighted by Gasteiger charge is -2.11. The highest BCUT2D eigenvalue weighted by Crippen LogP contribution is 2.15. The SMILES string of the molecule is CN(C)C(=O)CCn1c(-c2cccnc2)n[nH]c1=S. The molecule has 100 valence electrons. The second-order valence-corrected chi connectivity index (χ2v) is 4.67. The van der Waals surface area contributed by atoms with Crippen LogP contribution in [0.5, 0.6) is 0 Å². The third-order valence-corrected chi connectivity index (χ3v) is 3.04. The van der Waals surface area contributed by atoms with Crippen LogP contribution in [0.2, 0.25) is 0 Å². The van der Waals surface area contributed by atoms with Gasteiger partial charge in [0.1, 0.15) is 0 Å². The third kappa shape index (κ3) is 3.05. The fourth-order valence-corrected chi connectivity index (χ4v) is 1.89. The molecule has 2 heterocycles. The number of hydrogen-bond donors (Lipinski definition) is 1. The van der Waals surface area contributed by atoms with E-state index in [4.69, 9.17) is 12.2 Å². The van der Waals surface area contributed by atoms with Crippen LogP contribution in [0.4, 0.5) is 0 Å². The van der Waals surface area contributed by atoms with E-state index in [1.807, 2.05) is 16.7 Å². The maximum Gasteiger partial charge on any atom is 0.223 e. The third-order valence-electron chi connectivity index (χ3n) is 2.73. The molecule has 0 radical (unpaired) electrons. The number of aromatic nitrogens is 4. The van der Waals surface area contributed by atoms with Gasteiger partial charge in [0.25, 0.3) is 0 Å². The summed E-state index contributed by atoms with van der Waals surface area (Å²) in [6, 6.07) is 3.74. The average molecular weight is 277 g/mol. The minimum Gasteiger partial charge on any atom is -0.349 e. The Labute approximate surface area is 116 Å². The van der Waals surface area contributed by atoms with Gasteiger partial charge in [-0.1, -0.05) is 0 Å². The van der Waals surface area contributed by atoms with E-state index in [-0.39, 0.29) is 5.91 Å². The molecule has 0 atom stereocenters. The lowest BCUT2D eigenvalue weighted by Crippen LogP contribution is -2.23. The van der Waals surface area contributed by atoms with Crippen molar-refractivity contribution in [1.29, 1.82) is 0 Å². The summed E-state index contributed by atoms with van der Waals surface area (Å²) < 4.78 is 2.32. The van der Waals surface area contributed by atoms with Gasteiger partial charge >= 0.3 is 0 Å². The first kappa shape index (κ1) is 13.4. The van der Waals surface area contributed by atoms with Crippen LogP contribution in [0.1, 0.15) is 6.42 Å². The molecule has 0 aromatic carbocycles. The van der Waals surface area contributed by atoms with Crippen molar-refractivity contribution in [3.8, 4) is 11.4 Å². The van der Waals surface area contributed by atoms with Gasteiger partial charge in [0.2, 0.25) is 5.91 Å². The van der Waals surface area contributed by atoms with Gasteiger partial charge in [0, 0.05) is 45.0 Å². The van der Waals surface area contributed by atoms with Crippen LogP contribution in [-0.4, -0.2) is 44.7 Å². The number of hydrogen-bond acceptors (Lipinski definition) is 4. The summed E-state index contributed by atoms with van der Waals surface area (Å²) in [5.74, 6) is 0.755. The first-order valence-corrected chi connectivity index (χ1v) is 6.26. The average Bonchev–Trinajstić information content (AvgIpc) is 2.78. The summed E-state index contributed by atoms with van der Waals surface area (Å²) in [5, 5.41) is 6.94. The second-order valence-electron chi connectivity index (χ2n) is 4.28. The highest BCUT2D eigenvalue weighted by Gasteiger charge is 2.11. The van der Waals surface area contributed by atoms with Crippen molar-refractivity contribution < 1.29 is 4.79 Å². The van der Waals surface area contributed by atoms with Gasteiger partial charge in [-0.2, -0.15) is 5.10 Å². The summed E-state index contributed by atoms with van der Waals surface area (Å²) >= 11 is 5.19. The Morgan fingerprint density at radius 3 is 2.95 bits per heavy atom. The first-order chi connectivity index (χ1) is 9.09. The lowest BCUT2D eigenvalue weighted by molar-refractivity contribution is -0.128. The zero-order chi connectivity index (χ0) is 13.8. The molecule has 0 aliphatic heterocycles. The normalized spacial score (nSPS) is 10.4. The van der Waals surface area contributed by atoms with Gasteiger partial charge in [-0.05, 0) is 24.4 Å². The summed E-state index contributed by atoms with van der Waals surface area (Å²) in [4.78, 5) is 17.3. The van der Waals surface area contributed by atoms with E-state index in [9.17, 15) is 4.79 Å². The molecule has 0 aliphatic rings. The molecule has 19 heavy (non-hydrogen) atoms. The van der Waals surface area contributed by atoms with Crippen molar-refractivity contribution in [2.75, 3.05) is 14.1 Å². The summed E-state index contributed by atoms with van der Waals surface area (Å²) in [7, 11) is 3.47. The number of pyridine rings is 1. The molecule has 0 bridgehead atoms. The molecule has 2 aromatic rings. The van der Waals surface area contributed by atoms with E-state index in [1.165, 1.54) is 0 Å². The van der Waals surface area contributed by atoms with E-state index in [2.05, 4.69) is 15.2 Å². The summed E-state index contributed by atoms with van der Waals surface area (Å²) in [5.41, 5.74) is 0.868. The van der Waals surface area contributed by atoms with Crippen LogP contribution >= 0.6 is 12.2 Å². The second kappa shape index (κ2) is 5.75. The molecule has 7 heteroatoms. The molecule has 6 nitrogen and oxygen atoms in total. The van der Waals surface area contributed by atoms with Crippen molar-refractivity contribution in [3.63, 3.8) is 0 Å². The number of rotatable bonds is 4. The molecule has 0 saturated heterocycles. The van der Waals surface area contributed by atoms with Crippen LogP contribution in [0.15, 0.2) is 24.5 Å². The van der Waals surface area contributed by atoms with Gasteiger partial charge < -0.3 is 4.90 Å². The Kier molecular flexibility index (Phi) is 4.06. The standard InChI is InChI=1S/C12H15N5OS/c1-16(2)10(18)5-7-17-11(14-15-12(17)19)9-4-3-6-13-8-9/h3-4,6,8H,5,7H2,1-2H3,(H,15,19). The molecule has 0 spiro atoms. The van der Waals surface area contributed by atoms with Crippen molar-refractivity contribution in [1.82, 2.24) is 24.6 Å². The van der Waals surface area contributed by atoms with E-state index < -0.39 is 0 Å². The number of carbonyl (C=O) groups excluding carboxylic acids is 1. The topological polar surface area (TPSA) is 66.8 Å². The molecule has 0 aliphatic carbocycles. The zero-order valence-corrected chi connectivity index (χ0v) is 11.6. The molecule has 0 fully saturated rings. The van der Waals surface area contributed by atoms with Crippen molar-refractivity contribution in [3.05, 3.63) is 29.3 Å². The maximum absolute atomic E-state index is 11.6. The molecule has 2 aromatic heterocycles. The maximum atomic E-state index is 11.6. The Morgan fingerprint density at radius 1 is 1.53 bits per heavy atom. The van der Waals surface area contributed by atoms with Crippen LogP contribution in [0.25, 0.3) is 11.4 Å². The van der Waals surface area contributed by atoms with Gasteiger partial charge in [-0.15, -0.1) is 0 Å². The predicted octanol–water partition coefficient (Wildman–Crippen LogP) is 1.48. The van der Waals surface area contributed by atoms with Crippen LogP contribution in [0, 0.1) is 4.77 Å². The quantitative estimate of drug-likeness (QED) is 0.860. The fourth-order valence-electron chi connectivity index (χ4n) is 1.67. The number of aromatic amines is 1. The smallest absolute Gasteiger partial charge is 0.223 e. The number of H-pyrrole nitrogens is 1. The lowest BCUT2D eigenvalue weighted by atomic mass is 10.2. The van der Waals surface area contributed by atoms with Gasteiger partial charge in [-0.25, -0.2) is 0 Å². The first-order valence-electron chi connectivity index (χ1n) is 5.85. The number of nitrogens with zero attached hydrogens (tertiary/aromatic N) is 4. The Hall–Kier alpha value is -2.02. The number of amides is 1. The fraction of sp³-hybridized carbons (Fsp3) is 0.333. The Morgan fingerprint density at radius 2 is 2.32 bits per heavy atom. The van der Waals surface area contributed by atoms with Crippen LogP contribution in [0.3, 0.4) is 0 Å². The van der Waals surface area contributed by atoms with Gasteiger partial charge in [0.05, 0.1) is 0 Å². The Bertz CT molecular complexity index is 617. The van der Waals surface area contributed by atoms with Crippen LogP contribution < -0.4 is 0 Å². The van der Waals surface area contributed by atoms with E-state index >= 15 is 0 Å². The van der Waals surface area contributed by atoms with Crippen molar-refractivity contribution in [2.45, 2.75) is 13.0 Å². The minimum atomic E-state index is 0.0558.